The minimum absolute atomic E-state index is 0.00987. The number of halogens is 3. The molecule has 0 aliphatic rings. The van der Waals surface area contributed by atoms with Gasteiger partial charge in [0.15, 0.2) is 11.8 Å². The fraction of sp³-hybridized carbons (Fsp3) is 0.294. The Morgan fingerprint density at radius 1 is 1.27 bits per heavy atom. The van der Waals surface area contributed by atoms with Gasteiger partial charge in [-0.25, -0.2) is 4.79 Å². The second-order valence-corrected chi connectivity index (χ2v) is 5.33. The minimum atomic E-state index is -4.76. The summed E-state index contributed by atoms with van der Waals surface area (Å²) in [6, 6.07) is 3.66. The Morgan fingerprint density at radius 2 is 1.88 bits per heavy atom. The first-order chi connectivity index (χ1) is 12.2. The smallest absolute Gasteiger partial charge is 0.412 e. The number of aromatic carboxylic acids is 1. The van der Waals surface area contributed by atoms with Crippen LogP contribution in [-0.2, 0) is 6.42 Å². The van der Waals surface area contributed by atoms with E-state index in [4.69, 9.17) is 14.3 Å². The van der Waals surface area contributed by atoms with Gasteiger partial charge in [-0.3, -0.25) is 4.79 Å². The molecule has 0 aliphatic heterocycles. The van der Waals surface area contributed by atoms with Gasteiger partial charge in [-0.15, -0.1) is 0 Å². The summed E-state index contributed by atoms with van der Waals surface area (Å²) in [5.74, 6) is -2.61. The third-order valence-electron chi connectivity index (χ3n) is 3.64. The second kappa shape index (κ2) is 7.51. The number of carboxylic acid groups (broad SMARTS) is 1. The fourth-order valence-corrected chi connectivity index (χ4v) is 2.34. The molecule has 0 aliphatic carbocycles. The molecule has 140 valence electrons. The number of carboxylic acids is 1. The second-order valence-electron chi connectivity index (χ2n) is 5.33. The van der Waals surface area contributed by atoms with Gasteiger partial charge in [0.25, 0.3) is 5.91 Å². The molecule has 1 aromatic heterocycles. The molecule has 1 heterocycles. The van der Waals surface area contributed by atoms with E-state index in [9.17, 15) is 22.8 Å². The van der Waals surface area contributed by atoms with Crippen LogP contribution in [0.4, 0.5) is 13.2 Å². The maximum Gasteiger partial charge on any atom is 0.412 e. The molecule has 0 radical (unpaired) electrons. The van der Waals surface area contributed by atoms with Crippen LogP contribution in [0.25, 0.3) is 0 Å². The van der Waals surface area contributed by atoms with Crippen molar-refractivity contribution in [3.05, 3.63) is 53.0 Å². The van der Waals surface area contributed by atoms with Crippen molar-refractivity contribution in [1.82, 2.24) is 5.32 Å². The van der Waals surface area contributed by atoms with Crippen LogP contribution in [0.5, 0.6) is 5.75 Å². The number of methoxy groups -OCH3 is 1. The number of carbonyl (C=O) groups excluding carboxylic acids is 1. The number of furan rings is 1. The van der Waals surface area contributed by atoms with Crippen LogP contribution in [0.15, 0.2) is 34.7 Å². The Labute approximate surface area is 146 Å². The first-order valence-electron chi connectivity index (χ1n) is 7.54. The molecule has 0 bridgehead atoms. The molecule has 1 atom stereocenters. The van der Waals surface area contributed by atoms with Crippen molar-refractivity contribution in [3.8, 4) is 5.75 Å². The van der Waals surface area contributed by atoms with Crippen molar-refractivity contribution in [1.29, 1.82) is 0 Å². The molecule has 1 aromatic carbocycles. The van der Waals surface area contributed by atoms with E-state index in [2.05, 4.69) is 0 Å². The highest BCUT2D eigenvalue weighted by Gasteiger charge is 2.42. The maximum absolute atomic E-state index is 13.4. The Hall–Kier alpha value is -2.97. The zero-order valence-electron chi connectivity index (χ0n) is 13.9. The van der Waals surface area contributed by atoms with Crippen LogP contribution in [0.3, 0.4) is 0 Å². The summed E-state index contributed by atoms with van der Waals surface area (Å²) in [7, 11) is 1.38. The molecule has 6 nitrogen and oxygen atoms in total. The number of nitrogens with one attached hydrogen (secondary N) is 1. The van der Waals surface area contributed by atoms with E-state index in [1.54, 1.807) is 6.92 Å². The summed E-state index contributed by atoms with van der Waals surface area (Å²) >= 11 is 0. The number of hydrogen-bond acceptors (Lipinski definition) is 4. The number of rotatable bonds is 6. The third-order valence-corrected chi connectivity index (χ3v) is 3.64. The Kier molecular flexibility index (Phi) is 5.59. The monoisotopic (exact) mass is 371 g/mol. The molecule has 2 aromatic rings. The topological polar surface area (TPSA) is 88.8 Å². The van der Waals surface area contributed by atoms with Crippen LogP contribution >= 0.6 is 0 Å². The van der Waals surface area contributed by atoms with Gasteiger partial charge in [0, 0.05) is 12.5 Å². The predicted octanol–water partition coefficient (Wildman–Crippen LogP) is 3.58. The van der Waals surface area contributed by atoms with Gasteiger partial charge in [0.2, 0.25) is 0 Å². The van der Waals surface area contributed by atoms with E-state index in [0.717, 1.165) is 6.07 Å². The van der Waals surface area contributed by atoms with Gasteiger partial charge < -0.3 is 19.6 Å². The highest BCUT2D eigenvalue weighted by molar-refractivity contribution is 5.96. The standard InChI is InChI=1S/C17H16F3NO5/c1-3-12-11(16(23)24)8-13(26-12)15(22)21-14(17(18,19)20)9-4-6-10(25-2)7-5-9/h4-8,14H,3H2,1-2H3,(H,21,22)(H,23,24). The Bertz CT molecular complexity index is 796. The van der Waals surface area contributed by atoms with Crippen LogP contribution in [0, 0.1) is 0 Å². The lowest BCUT2D eigenvalue weighted by molar-refractivity contribution is -0.155. The Morgan fingerprint density at radius 3 is 2.31 bits per heavy atom. The van der Waals surface area contributed by atoms with Gasteiger partial charge in [0.05, 0.1) is 7.11 Å². The molecule has 2 rings (SSSR count). The third kappa shape index (κ3) is 4.16. The zero-order chi connectivity index (χ0) is 19.5. The lowest BCUT2D eigenvalue weighted by Gasteiger charge is -2.21. The Balaban J connectivity index is 2.31. The molecular weight excluding hydrogens is 355 g/mol. The molecular formula is C17H16F3NO5. The lowest BCUT2D eigenvalue weighted by Crippen LogP contribution is -2.38. The number of aryl methyl sites for hydroxylation is 1. The summed E-state index contributed by atoms with van der Waals surface area (Å²) in [4.78, 5) is 23.3. The first-order valence-corrected chi connectivity index (χ1v) is 7.54. The molecule has 1 amide bonds. The van der Waals surface area contributed by atoms with Gasteiger partial charge >= 0.3 is 12.1 Å². The molecule has 0 fully saturated rings. The number of ether oxygens (including phenoxy) is 1. The van der Waals surface area contributed by atoms with E-state index in [1.807, 2.05) is 5.32 Å². The lowest BCUT2D eigenvalue weighted by atomic mass is 10.1. The van der Waals surface area contributed by atoms with Crippen LogP contribution in [-0.4, -0.2) is 30.3 Å². The summed E-state index contributed by atoms with van der Waals surface area (Å²) in [5, 5.41) is 10.9. The first kappa shape index (κ1) is 19.4. The van der Waals surface area contributed by atoms with Crippen LogP contribution < -0.4 is 10.1 Å². The summed E-state index contributed by atoms with van der Waals surface area (Å²) < 4.78 is 50.1. The fourth-order valence-electron chi connectivity index (χ4n) is 2.34. The average Bonchev–Trinajstić information content (AvgIpc) is 3.03. The molecule has 1 unspecified atom stereocenters. The van der Waals surface area contributed by atoms with E-state index >= 15 is 0 Å². The van der Waals surface area contributed by atoms with E-state index in [-0.39, 0.29) is 23.3 Å². The van der Waals surface area contributed by atoms with Crippen molar-refractivity contribution in [2.24, 2.45) is 0 Å². The number of alkyl halides is 3. The number of benzene rings is 1. The largest absolute Gasteiger partial charge is 0.497 e. The highest BCUT2D eigenvalue weighted by Crippen LogP contribution is 2.34. The van der Waals surface area contributed by atoms with E-state index in [0.29, 0.717) is 5.75 Å². The molecule has 0 saturated carbocycles. The molecule has 0 spiro atoms. The highest BCUT2D eigenvalue weighted by atomic mass is 19.4. The molecule has 9 heteroatoms. The average molecular weight is 371 g/mol. The van der Waals surface area contributed by atoms with E-state index < -0.39 is 29.9 Å². The van der Waals surface area contributed by atoms with Gasteiger partial charge in [-0.1, -0.05) is 19.1 Å². The van der Waals surface area contributed by atoms with Crippen molar-refractivity contribution in [2.45, 2.75) is 25.6 Å². The minimum Gasteiger partial charge on any atom is -0.497 e. The van der Waals surface area contributed by atoms with Gasteiger partial charge in [0.1, 0.15) is 17.1 Å². The normalized spacial score (nSPS) is 12.5. The van der Waals surface area contributed by atoms with Gasteiger partial charge in [-0.2, -0.15) is 13.2 Å². The van der Waals surface area contributed by atoms with Crippen molar-refractivity contribution in [2.75, 3.05) is 7.11 Å². The number of amides is 1. The van der Waals surface area contributed by atoms with Crippen molar-refractivity contribution >= 4 is 11.9 Å². The number of hydrogen-bond donors (Lipinski definition) is 2. The number of carbonyl (C=O) groups is 2. The maximum atomic E-state index is 13.4. The van der Waals surface area contributed by atoms with Crippen LogP contribution in [0.2, 0.25) is 0 Å². The van der Waals surface area contributed by atoms with Gasteiger partial charge in [-0.05, 0) is 17.7 Å². The SMILES string of the molecule is CCc1oc(C(=O)NC(c2ccc(OC)cc2)C(F)(F)F)cc1C(=O)O. The van der Waals surface area contributed by atoms with Crippen LogP contribution in [0.1, 0.15) is 45.2 Å². The summed E-state index contributed by atoms with van der Waals surface area (Å²) in [5.41, 5.74) is -0.460. The van der Waals surface area contributed by atoms with Crippen molar-refractivity contribution < 1.29 is 37.0 Å². The molecule has 0 saturated heterocycles. The zero-order valence-corrected chi connectivity index (χ0v) is 13.9. The van der Waals surface area contributed by atoms with Crippen molar-refractivity contribution in [3.63, 3.8) is 0 Å². The summed E-state index contributed by atoms with van der Waals surface area (Å²) in [6.45, 7) is 1.60. The molecule has 26 heavy (non-hydrogen) atoms. The quantitative estimate of drug-likeness (QED) is 0.810. The summed E-state index contributed by atoms with van der Waals surface area (Å²) in [6.07, 6.45) is -4.59. The predicted molar refractivity (Wildman–Crippen MR) is 84.3 cm³/mol. The molecule has 2 N–H and O–H groups in total. The van der Waals surface area contributed by atoms with E-state index in [1.165, 1.54) is 31.4 Å².